The molecule has 3 rings (SSSR count). The number of aliphatic hydroxyl groups excluding tert-OH is 1. The average molecular weight is 551 g/mol. The number of fused-ring (bicyclic) bond motifs is 1. The second-order valence-corrected chi connectivity index (χ2v) is 10.4. The number of hydrogen-bond acceptors (Lipinski definition) is 7. The Balaban J connectivity index is 1.60. The van der Waals surface area contributed by atoms with Crippen molar-refractivity contribution in [3.8, 4) is 0 Å². The highest BCUT2D eigenvalue weighted by Crippen LogP contribution is 2.40. The molecule has 1 aliphatic heterocycles. The van der Waals surface area contributed by atoms with E-state index in [1.165, 1.54) is 36.5 Å². The molecule has 9 heteroatoms. The number of aliphatic hydroxyl groups is 2. The summed E-state index contributed by atoms with van der Waals surface area (Å²) in [4.78, 5) is 49.0. The van der Waals surface area contributed by atoms with Gasteiger partial charge in [0.25, 0.3) is 5.91 Å². The van der Waals surface area contributed by atoms with Crippen LogP contribution in [0.15, 0.2) is 83.0 Å². The lowest BCUT2D eigenvalue weighted by Crippen LogP contribution is -2.42. The standard InChI is InChI=1S/C31H38N2O7/c1-5-6-11-19(2)16-20(3)17-21(4)30(38)32-22-18-31(39,29-28(40-29)27(22)37)15-10-8-7-9-12-25(36)33-26-23(34)13-14-24(26)35/h7-10,12,15-19,28-29,34,39H,5-6,11,13-14H2,1-4H3,(H,32,38)(H,33,36)/b8-7+,12-9+,15-10-,20-16+,21-17+/t19-,28-,29-,31+/m1/s1. The predicted octanol–water partition coefficient (Wildman–Crippen LogP) is 3.70. The van der Waals surface area contributed by atoms with Gasteiger partial charge in [-0.3, -0.25) is 19.2 Å². The monoisotopic (exact) mass is 550 g/mol. The lowest BCUT2D eigenvalue weighted by molar-refractivity contribution is -0.121. The number of ketones is 2. The lowest BCUT2D eigenvalue weighted by atomic mass is 9.88. The number of hydrogen-bond donors (Lipinski definition) is 4. The van der Waals surface area contributed by atoms with Crippen LogP contribution in [0.3, 0.4) is 0 Å². The van der Waals surface area contributed by atoms with Crippen LogP contribution < -0.4 is 10.6 Å². The van der Waals surface area contributed by atoms with E-state index < -0.39 is 35.4 Å². The quantitative estimate of drug-likeness (QED) is 0.165. The highest BCUT2D eigenvalue weighted by atomic mass is 16.6. The van der Waals surface area contributed by atoms with Gasteiger partial charge in [0, 0.05) is 24.5 Å². The topological polar surface area (TPSA) is 145 Å². The Morgan fingerprint density at radius 1 is 1.15 bits per heavy atom. The fraction of sp³-hybridized carbons (Fsp3) is 0.419. The number of allylic oxidation sites excluding steroid dienone is 9. The summed E-state index contributed by atoms with van der Waals surface area (Å²) in [6, 6.07) is 0. The molecule has 40 heavy (non-hydrogen) atoms. The SMILES string of the molecule is CCCC[C@@H](C)/C=C(C)/C=C(\C)C(=O)NC1=C[C@@](O)(\C=C/C=C/C=C/C(=O)NC2=C(O)CCC2=O)[C@@H]2O[C@@H]2C1=O. The van der Waals surface area contributed by atoms with Gasteiger partial charge in [0.05, 0.1) is 5.70 Å². The van der Waals surface area contributed by atoms with Gasteiger partial charge in [-0.2, -0.15) is 0 Å². The minimum Gasteiger partial charge on any atom is -0.510 e. The zero-order valence-corrected chi connectivity index (χ0v) is 23.4. The summed E-state index contributed by atoms with van der Waals surface area (Å²) in [5, 5.41) is 25.7. The summed E-state index contributed by atoms with van der Waals surface area (Å²) in [6.45, 7) is 7.90. The fourth-order valence-electron chi connectivity index (χ4n) is 4.61. The zero-order valence-electron chi connectivity index (χ0n) is 23.4. The van der Waals surface area contributed by atoms with Crippen LogP contribution in [0.5, 0.6) is 0 Å². The molecule has 4 N–H and O–H groups in total. The van der Waals surface area contributed by atoms with Crippen molar-refractivity contribution in [3.63, 3.8) is 0 Å². The van der Waals surface area contributed by atoms with E-state index in [4.69, 9.17) is 4.74 Å². The van der Waals surface area contributed by atoms with E-state index >= 15 is 0 Å². The minimum absolute atomic E-state index is 0.0267. The zero-order chi connectivity index (χ0) is 29.4. The lowest BCUT2D eigenvalue weighted by Gasteiger charge is -2.23. The van der Waals surface area contributed by atoms with Crippen LogP contribution in [0.1, 0.15) is 59.8 Å². The molecule has 2 aliphatic carbocycles. The molecule has 214 valence electrons. The number of nitrogens with one attached hydrogen (secondary N) is 2. The third-order valence-electron chi connectivity index (χ3n) is 6.81. The van der Waals surface area contributed by atoms with Crippen LogP contribution >= 0.6 is 0 Å². The van der Waals surface area contributed by atoms with Crippen molar-refractivity contribution in [1.82, 2.24) is 10.6 Å². The van der Waals surface area contributed by atoms with Crippen molar-refractivity contribution in [2.75, 3.05) is 0 Å². The second-order valence-electron chi connectivity index (χ2n) is 10.4. The molecule has 1 fully saturated rings. The molecule has 0 aromatic rings. The van der Waals surface area contributed by atoms with Gasteiger partial charge in [0.1, 0.15) is 23.2 Å². The van der Waals surface area contributed by atoms with Crippen LogP contribution in [0.2, 0.25) is 0 Å². The molecule has 1 heterocycles. The average Bonchev–Trinajstić information content (AvgIpc) is 3.66. The molecule has 1 saturated heterocycles. The molecule has 0 saturated carbocycles. The van der Waals surface area contributed by atoms with Crippen LogP contribution in [-0.4, -0.2) is 51.4 Å². The van der Waals surface area contributed by atoms with E-state index in [1.54, 1.807) is 19.1 Å². The van der Waals surface area contributed by atoms with E-state index in [9.17, 15) is 29.4 Å². The van der Waals surface area contributed by atoms with E-state index in [0.29, 0.717) is 11.5 Å². The first-order valence-corrected chi connectivity index (χ1v) is 13.6. The van der Waals surface area contributed by atoms with Gasteiger partial charge in [-0.15, -0.1) is 0 Å². The van der Waals surface area contributed by atoms with Crippen molar-refractivity contribution in [3.05, 3.63) is 83.0 Å². The Kier molecular flexibility index (Phi) is 10.4. The van der Waals surface area contributed by atoms with E-state index in [0.717, 1.165) is 24.8 Å². The van der Waals surface area contributed by atoms with Crippen molar-refractivity contribution in [1.29, 1.82) is 0 Å². The number of Topliss-reactive ketones (excluding diaryl/α,β-unsaturated/α-hetero) is 2. The van der Waals surface area contributed by atoms with Gasteiger partial charge in [-0.05, 0) is 38.3 Å². The summed E-state index contributed by atoms with van der Waals surface area (Å²) in [5.74, 6) is -1.43. The third kappa shape index (κ3) is 8.09. The van der Waals surface area contributed by atoms with Gasteiger partial charge in [-0.25, -0.2) is 0 Å². The Bertz CT molecular complexity index is 1260. The molecule has 0 radical (unpaired) electrons. The maximum atomic E-state index is 12.8. The van der Waals surface area contributed by atoms with Crippen molar-refractivity contribution < 1.29 is 34.1 Å². The summed E-state index contributed by atoms with van der Waals surface area (Å²) in [6.07, 6.45) is 16.0. The first-order valence-electron chi connectivity index (χ1n) is 13.6. The van der Waals surface area contributed by atoms with Gasteiger partial charge < -0.3 is 25.6 Å². The minimum atomic E-state index is -1.61. The number of carbonyl (C=O) groups is 4. The maximum absolute atomic E-state index is 12.8. The van der Waals surface area contributed by atoms with Gasteiger partial charge in [0.15, 0.2) is 11.9 Å². The highest BCUT2D eigenvalue weighted by molar-refractivity contribution is 6.07. The maximum Gasteiger partial charge on any atom is 0.251 e. The molecular formula is C31H38N2O7. The summed E-state index contributed by atoms with van der Waals surface area (Å²) < 4.78 is 5.39. The van der Waals surface area contributed by atoms with Crippen LogP contribution in [0.4, 0.5) is 0 Å². The van der Waals surface area contributed by atoms with Crippen molar-refractivity contribution in [2.45, 2.75) is 77.6 Å². The molecule has 0 aromatic carbocycles. The van der Waals surface area contributed by atoms with E-state index in [1.807, 2.05) is 6.92 Å². The molecule has 2 amide bonds. The van der Waals surface area contributed by atoms with Crippen molar-refractivity contribution >= 4 is 23.4 Å². The second kappa shape index (κ2) is 13.5. The van der Waals surface area contributed by atoms with Crippen LogP contribution in [0, 0.1) is 5.92 Å². The Hall–Kier alpha value is -3.82. The third-order valence-corrected chi connectivity index (χ3v) is 6.81. The Labute approximate surface area is 234 Å². The smallest absolute Gasteiger partial charge is 0.251 e. The summed E-state index contributed by atoms with van der Waals surface area (Å²) >= 11 is 0. The molecule has 0 spiro atoms. The normalized spacial score (nSPS) is 26.1. The Morgan fingerprint density at radius 3 is 2.55 bits per heavy atom. The molecule has 3 aliphatic rings. The first kappa shape index (κ1) is 30.7. The van der Waals surface area contributed by atoms with Gasteiger partial charge in [0.2, 0.25) is 11.7 Å². The molecule has 0 unspecified atom stereocenters. The van der Waals surface area contributed by atoms with Crippen LogP contribution in [0.25, 0.3) is 0 Å². The number of unbranched alkanes of at least 4 members (excludes halogenated alkanes) is 1. The highest BCUT2D eigenvalue weighted by Gasteiger charge is 2.59. The molecule has 9 nitrogen and oxygen atoms in total. The fourth-order valence-corrected chi connectivity index (χ4v) is 4.61. The Morgan fingerprint density at radius 2 is 1.88 bits per heavy atom. The number of rotatable bonds is 12. The van der Waals surface area contributed by atoms with Gasteiger partial charge >= 0.3 is 0 Å². The molecular weight excluding hydrogens is 512 g/mol. The number of ether oxygens (including phenoxy) is 1. The van der Waals surface area contributed by atoms with Crippen LogP contribution in [-0.2, 0) is 23.9 Å². The first-order chi connectivity index (χ1) is 18.9. The number of amides is 2. The number of carbonyl (C=O) groups excluding carboxylic acids is 4. The summed E-state index contributed by atoms with van der Waals surface area (Å²) in [7, 11) is 0. The number of epoxide rings is 1. The summed E-state index contributed by atoms with van der Waals surface area (Å²) in [5.41, 5.74) is -0.310. The van der Waals surface area contributed by atoms with Gasteiger partial charge in [-0.1, -0.05) is 68.7 Å². The molecule has 4 atom stereocenters. The van der Waals surface area contributed by atoms with E-state index in [2.05, 4.69) is 30.6 Å². The molecule has 0 aromatic heterocycles. The van der Waals surface area contributed by atoms with E-state index in [-0.39, 0.29) is 35.8 Å². The predicted molar refractivity (Wildman–Crippen MR) is 151 cm³/mol. The van der Waals surface area contributed by atoms with Crippen molar-refractivity contribution in [2.24, 2.45) is 5.92 Å². The largest absolute Gasteiger partial charge is 0.510 e. The molecule has 0 bridgehead atoms.